The Kier molecular flexibility index (Phi) is 15.6. The summed E-state index contributed by atoms with van der Waals surface area (Å²) in [6.07, 6.45) is 5.81. The molecule has 0 nitrogen and oxygen atoms in total. The van der Waals surface area contributed by atoms with Gasteiger partial charge < -0.3 is 0 Å². The maximum absolute atomic E-state index is 4.03. The summed E-state index contributed by atoms with van der Waals surface area (Å²) < 4.78 is 0. The SMILES string of the molecule is C=C(C)c1ccc(-c2ccc(C)c(CC)c2)cc1C.CC.CC1=CC(C)=C(C(C)(C)C)C(C)C1.CCc1ccccc1. The molecule has 4 rings (SSSR count). The van der Waals surface area contributed by atoms with Crippen LogP contribution in [0.15, 0.2) is 96.1 Å². The first-order chi connectivity index (χ1) is 19.8. The molecule has 0 N–H and O–H groups in total. The van der Waals surface area contributed by atoms with Crippen LogP contribution in [0.2, 0.25) is 0 Å². The Labute approximate surface area is 260 Å². The minimum atomic E-state index is 0.334. The summed E-state index contributed by atoms with van der Waals surface area (Å²) in [5.74, 6) is 0.727. The van der Waals surface area contributed by atoms with Crippen molar-refractivity contribution in [3.63, 3.8) is 0 Å². The van der Waals surface area contributed by atoms with Crippen LogP contribution in [0.1, 0.15) is 110 Å². The lowest BCUT2D eigenvalue weighted by Crippen LogP contribution is -2.20. The van der Waals surface area contributed by atoms with Gasteiger partial charge in [0.2, 0.25) is 0 Å². The third kappa shape index (κ3) is 11.3. The molecule has 3 aromatic carbocycles. The molecule has 0 saturated carbocycles. The van der Waals surface area contributed by atoms with E-state index in [-0.39, 0.29) is 0 Å². The van der Waals surface area contributed by atoms with Gasteiger partial charge in [-0.25, -0.2) is 0 Å². The van der Waals surface area contributed by atoms with Crippen molar-refractivity contribution in [3.8, 4) is 11.1 Å². The molecule has 0 spiro atoms. The first kappa shape index (κ1) is 36.9. The van der Waals surface area contributed by atoms with E-state index in [1.807, 2.05) is 19.9 Å². The van der Waals surface area contributed by atoms with Gasteiger partial charge in [0.15, 0.2) is 0 Å². The average molecular weight is 565 g/mol. The predicted molar refractivity (Wildman–Crippen MR) is 192 cm³/mol. The predicted octanol–water partition coefficient (Wildman–Crippen LogP) is 13.2. The van der Waals surface area contributed by atoms with Gasteiger partial charge in [0.25, 0.3) is 0 Å². The minimum Gasteiger partial charge on any atom is -0.0955 e. The number of hydrogen-bond donors (Lipinski definition) is 0. The number of benzene rings is 3. The molecule has 0 saturated heterocycles. The number of aryl methyl sites for hydroxylation is 4. The molecule has 0 bridgehead atoms. The summed E-state index contributed by atoms with van der Waals surface area (Å²) in [7, 11) is 0. The van der Waals surface area contributed by atoms with Gasteiger partial charge in [-0.2, -0.15) is 0 Å². The van der Waals surface area contributed by atoms with E-state index < -0.39 is 0 Å². The molecule has 0 heterocycles. The van der Waals surface area contributed by atoms with Gasteiger partial charge >= 0.3 is 0 Å². The van der Waals surface area contributed by atoms with Crippen molar-refractivity contribution in [2.45, 2.75) is 109 Å². The Hall–Kier alpha value is -3.12. The number of allylic oxidation sites excluding steroid dienone is 5. The van der Waals surface area contributed by atoms with Gasteiger partial charge in [0, 0.05) is 0 Å². The molecule has 0 heteroatoms. The van der Waals surface area contributed by atoms with Crippen LogP contribution in [0.5, 0.6) is 0 Å². The van der Waals surface area contributed by atoms with Crippen molar-refractivity contribution in [1.29, 1.82) is 0 Å². The van der Waals surface area contributed by atoms with Crippen molar-refractivity contribution < 1.29 is 0 Å². The van der Waals surface area contributed by atoms with E-state index in [4.69, 9.17) is 0 Å². The molecular formula is C42H60. The maximum atomic E-state index is 4.03. The van der Waals surface area contributed by atoms with Gasteiger partial charge in [0.1, 0.15) is 0 Å². The molecule has 1 aliphatic rings. The summed E-state index contributed by atoms with van der Waals surface area (Å²) >= 11 is 0. The average Bonchev–Trinajstić information content (AvgIpc) is 2.94. The summed E-state index contributed by atoms with van der Waals surface area (Å²) in [6.45, 7) is 32.6. The normalized spacial score (nSPS) is 14.3. The number of hydrogen-bond acceptors (Lipinski definition) is 0. The van der Waals surface area contributed by atoms with Gasteiger partial charge in [-0.15, -0.1) is 0 Å². The highest BCUT2D eigenvalue weighted by Gasteiger charge is 2.26. The molecule has 1 unspecified atom stereocenters. The first-order valence-corrected chi connectivity index (χ1v) is 16.1. The Bertz CT molecular complexity index is 1320. The van der Waals surface area contributed by atoms with Crippen molar-refractivity contribution >= 4 is 5.57 Å². The van der Waals surface area contributed by atoms with Gasteiger partial charge in [-0.1, -0.05) is 157 Å². The third-order valence-corrected chi connectivity index (χ3v) is 7.82. The zero-order valence-corrected chi connectivity index (χ0v) is 29.3. The lowest BCUT2D eigenvalue weighted by molar-refractivity contribution is 0.424. The van der Waals surface area contributed by atoms with Crippen molar-refractivity contribution in [1.82, 2.24) is 0 Å². The van der Waals surface area contributed by atoms with Gasteiger partial charge in [-0.05, 0) is 104 Å². The molecule has 0 radical (unpaired) electrons. The highest BCUT2D eigenvalue weighted by Crippen LogP contribution is 2.40. The molecule has 3 aromatic rings. The van der Waals surface area contributed by atoms with Crippen LogP contribution in [0.3, 0.4) is 0 Å². The molecule has 0 aromatic heterocycles. The van der Waals surface area contributed by atoms with E-state index in [0.717, 1.165) is 24.3 Å². The minimum absolute atomic E-state index is 0.334. The molecule has 42 heavy (non-hydrogen) atoms. The molecule has 1 atom stereocenters. The molecule has 0 amide bonds. The van der Waals surface area contributed by atoms with Crippen LogP contribution >= 0.6 is 0 Å². The molecule has 228 valence electrons. The van der Waals surface area contributed by atoms with Crippen molar-refractivity contribution in [3.05, 3.63) is 124 Å². The second-order valence-electron chi connectivity index (χ2n) is 12.6. The first-order valence-electron chi connectivity index (χ1n) is 16.1. The Balaban J connectivity index is 0.000000331. The molecule has 0 fully saturated rings. The number of rotatable bonds is 4. The second kappa shape index (κ2) is 17.7. The second-order valence-corrected chi connectivity index (χ2v) is 12.6. The highest BCUT2D eigenvalue weighted by atomic mass is 14.3. The lowest BCUT2D eigenvalue weighted by Gasteiger charge is -2.33. The Morgan fingerprint density at radius 1 is 0.786 bits per heavy atom. The third-order valence-electron chi connectivity index (χ3n) is 7.82. The standard InChI is InChI=1S/C19H22.C13H22.C8H10.C2H6/c1-6-16-12-18(8-7-14(16)4)17-9-10-19(13(2)3)15(5)11-17;1-9-7-10(2)12(11(3)8-9)13(4,5)6;1-2-8-6-4-3-5-7-8;1-2/h7-12H,2,6H2,1,3-5H3;7,11H,8H2,1-6H3;3-7H,2H2,1H3;1-2H3. The maximum Gasteiger partial charge on any atom is -0.0164 e. The van der Waals surface area contributed by atoms with Gasteiger partial charge in [0.05, 0.1) is 0 Å². The van der Waals surface area contributed by atoms with Crippen LogP contribution in [0.25, 0.3) is 16.7 Å². The summed E-state index contributed by atoms with van der Waals surface area (Å²) in [6, 6.07) is 23.8. The van der Waals surface area contributed by atoms with E-state index in [9.17, 15) is 0 Å². The molecule has 1 aliphatic carbocycles. The van der Waals surface area contributed by atoms with Crippen molar-refractivity contribution in [2.75, 3.05) is 0 Å². The van der Waals surface area contributed by atoms with Crippen LogP contribution in [0.4, 0.5) is 0 Å². The Morgan fingerprint density at radius 2 is 1.36 bits per heavy atom. The topological polar surface area (TPSA) is 0 Å². The zero-order valence-electron chi connectivity index (χ0n) is 29.3. The largest absolute Gasteiger partial charge is 0.0955 e. The van der Waals surface area contributed by atoms with E-state index in [1.165, 1.54) is 56.5 Å². The smallest absolute Gasteiger partial charge is 0.0164 e. The fraction of sp³-hybridized carbons (Fsp3) is 0.429. The van der Waals surface area contributed by atoms with Crippen LogP contribution in [-0.4, -0.2) is 0 Å². The van der Waals surface area contributed by atoms with Crippen molar-refractivity contribution in [2.24, 2.45) is 11.3 Å². The monoisotopic (exact) mass is 564 g/mol. The highest BCUT2D eigenvalue weighted by molar-refractivity contribution is 5.71. The summed E-state index contributed by atoms with van der Waals surface area (Å²) in [4.78, 5) is 0. The van der Waals surface area contributed by atoms with E-state index >= 15 is 0 Å². The molecule has 0 aliphatic heterocycles. The zero-order chi connectivity index (χ0) is 32.0. The van der Waals surface area contributed by atoms with Crippen LogP contribution < -0.4 is 0 Å². The fourth-order valence-corrected chi connectivity index (χ4v) is 6.08. The fourth-order valence-electron chi connectivity index (χ4n) is 6.08. The van der Waals surface area contributed by atoms with Gasteiger partial charge in [-0.3, -0.25) is 0 Å². The van der Waals surface area contributed by atoms with E-state index in [0.29, 0.717) is 5.41 Å². The van der Waals surface area contributed by atoms with E-state index in [1.54, 1.807) is 5.57 Å². The van der Waals surface area contributed by atoms with Crippen LogP contribution in [0, 0.1) is 25.2 Å². The quantitative estimate of drug-likeness (QED) is 0.296. The molecular weight excluding hydrogens is 504 g/mol. The Morgan fingerprint density at radius 3 is 1.81 bits per heavy atom. The summed E-state index contributed by atoms with van der Waals surface area (Å²) in [5.41, 5.74) is 15.5. The van der Waals surface area contributed by atoms with E-state index in [2.05, 4.69) is 149 Å². The lowest BCUT2D eigenvalue weighted by atomic mass is 9.72. The van der Waals surface area contributed by atoms with Crippen LogP contribution in [-0.2, 0) is 12.8 Å². The summed E-state index contributed by atoms with van der Waals surface area (Å²) in [5, 5.41) is 0.